The van der Waals surface area contributed by atoms with Gasteiger partial charge in [-0.05, 0) is 74.5 Å². The fourth-order valence-electron chi connectivity index (χ4n) is 5.51. The number of carbonyl (C=O) groups excluding carboxylic acids is 2. The van der Waals surface area contributed by atoms with E-state index in [4.69, 9.17) is 14.5 Å². The number of esters is 2. The van der Waals surface area contributed by atoms with Crippen LogP contribution < -0.4 is 0 Å². The van der Waals surface area contributed by atoms with Gasteiger partial charge < -0.3 is 9.47 Å². The largest absolute Gasteiger partial charge is 0.453 e. The molecule has 5 heteroatoms. The van der Waals surface area contributed by atoms with Crippen LogP contribution in [0, 0.1) is 0 Å². The molecular weight excluding hydrogens is 546 g/mol. The van der Waals surface area contributed by atoms with Gasteiger partial charge in [0.15, 0.2) is 12.2 Å². The standard InChI is InChI=1S/C39H41NO4/c1-24(41)43-36(26-9-15-32(16-10-26)38(3,4)5)28-13-19-34-30(21-28)23-31-22-29(14-20-35(31)40-34)37(44-25(2)42)27-11-17-33(18-12-27)39(6,7)8/h9-23,36-37H,1-8H3. The topological polar surface area (TPSA) is 65.5 Å². The summed E-state index contributed by atoms with van der Waals surface area (Å²) in [5.41, 5.74) is 7.70. The van der Waals surface area contributed by atoms with Crippen LogP contribution >= 0.6 is 0 Å². The third-order valence-corrected chi connectivity index (χ3v) is 7.99. The molecule has 0 fully saturated rings. The second-order valence-corrected chi connectivity index (χ2v) is 13.6. The van der Waals surface area contributed by atoms with Gasteiger partial charge in [-0.2, -0.15) is 0 Å². The molecule has 4 aromatic carbocycles. The summed E-state index contributed by atoms with van der Waals surface area (Å²) in [6.45, 7) is 15.9. The van der Waals surface area contributed by atoms with Gasteiger partial charge in [0.25, 0.3) is 0 Å². The number of aromatic nitrogens is 1. The van der Waals surface area contributed by atoms with Gasteiger partial charge >= 0.3 is 11.9 Å². The van der Waals surface area contributed by atoms with Crippen molar-refractivity contribution in [3.05, 3.63) is 124 Å². The molecule has 44 heavy (non-hydrogen) atoms. The number of pyridine rings is 1. The molecule has 0 aliphatic heterocycles. The maximum atomic E-state index is 12.2. The van der Waals surface area contributed by atoms with Crippen molar-refractivity contribution in [3.63, 3.8) is 0 Å². The van der Waals surface area contributed by atoms with Crippen LogP contribution in [0.3, 0.4) is 0 Å². The number of nitrogens with zero attached hydrogens (tertiary/aromatic N) is 1. The molecule has 0 radical (unpaired) electrons. The predicted octanol–water partition coefficient (Wildman–Crippen LogP) is 9.29. The fraction of sp³-hybridized carbons (Fsp3) is 0.308. The first kappa shape index (κ1) is 30.9. The first-order chi connectivity index (χ1) is 20.7. The zero-order valence-electron chi connectivity index (χ0n) is 26.9. The van der Waals surface area contributed by atoms with Crippen LogP contribution in [0.1, 0.15) is 101 Å². The van der Waals surface area contributed by atoms with Crippen LogP contribution in [0.25, 0.3) is 21.8 Å². The number of hydrogen-bond acceptors (Lipinski definition) is 5. The summed E-state index contributed by atoms with van der Waals surface area (Å²) in [7, 11) is 0. The summed E-state index contributed by atoms with van der Waals surface area (Å²) < 4.78 is 11.7. The predicted molar refractivity (Wildman–Crippen MR) is 177 cm³/mol. The van der Waals surface area contributed by atoms with E-state index in [0.29, 0.717) is 0 Å². The summed E-state index contributed by atoms with van der Waals surface area (Å²) in [4.78, 5) is 29.2. The highest BCUT2D eigenvalue weighted by molar-refractivity contribution is 5.93. The third kappa shape index (κ3) is 6.83. The molecule has 0 saturated carbocycles. The number of ether oxygens (including phenoxy) is 2. The Morgan fingerprint density at radius 2 is 0.864 bits per heavy atom. The zero-order chi connectivity index (χ0) is 31.8. The van der Waals surface area contributed by atoms with Crippen molar-refractivity contribution in [1.29, 1.82) is 0 Å². The molecule has 0 bridgehead atoms. The van der Waals surface area contributed by atoms with Crippen LogP contribution in [-0.2, 0) is 29.9 Å². The van der Waals surface area contributed by atoms with E-state index in [0.717, 1.165) is 44.1 Å². The van der Waals surface area contributed by atoms with E-state index < -0.39 is 12.2 Å². The lowest BCUT2D eigenvalue weighted by Gasteiger charge is -2.22. The Morgan fingerprint density at radius 1 is 0.523 bits per heavy atom. The minimum atomic E-state index is -0.544. The smallest absolute Gasteiger partial charge is 0.303 e. The summed E-state index contributed by atoms with van der Waals surface area (Å²) in [6.07, 6.45) is -1.09. The van der Waals surface area contributed by atoms with Gasteiger partial charge in [0.05, 0.1) is 11.0 Å². The Hall–Kier alpha value is -4.51. The Labute approximate surface area is 260 Å². The van der Waals surface area contributed by atoms with Crippen LogP contribution in [0.2, 0.25) is 0 Å². The van der Waals surface area contributed by atoms with E-state index in [9.17, 15) is 9.59 Å². The Morgan fingerprint density at radius 3 is 1.18 bits per heavy atom. The van der Waals surface area contributed by atoms with Gasteiger partial charge in [-0.3, -0.25) is 9.59 Å². The average Bonchev–Trinajstić information content (AvgIpc) is 2.96. The number of benzene rings is 4. The van der Waals surface area contributed by atoms with Crippen LogP contribution in [0.5, 0.6) is 0 Å². The van der Waals surface area contributed by atoms with E-state index in [1.807, 2.05) is 60.7 Å². The number of rotatable bonds is 6. The van der Waals surface area contributed by atoms with Gasteiger partial charge in [-0.15, -0.1) is 0 Å². The highest BCUT2D eigenvalue weighted by Gasteiger charge is 2.22. The van der Waals surface area contributed by atoms with Gasteiger partial charge in [-0.25, -0.2) is 4.98 Å². The monoisotopic (exact) mass is 587 g/mol. The third-order valence-electron chi connectivity index (χ3n) is 7.99. The van der Waals surface area contributed by atoms with Gasteiger partial charge in [-0.1, -0.05) is 102 Å². The first-order valence-electron chi connectivity index (χ1n) is 15.1. The Balaban J connectivity index is 1.55. The molecule has 5 rings (SSSR count). The number of hydrogen-bond donors (Lipinski definition) is 0. The molecule has 5 aromatic rings. The SMILES string of the molecule is CC(=O)OC(c1ccc(C(C)(C)C)cc1)c1ccc2nc3ccc(C(OC(C)=O)c4ccc(C(C)(C)C)cc4)cc3cc2c1. The minimum absolute atomic E-state index is 0.0222. The number of carbonyl (C=O) groups is 2. The van der Waals surface area contributed by atoms with Gasteiger partial charge in [0.2, 0.25) is 0 Å². The van der Waals surface area contributed by atoms with Crippen LogP contribution in [0.4, 0.5) is 0 Å². The fourth-order valence-corrected chi connectivity index (χ4v) is 5.51. The van der Waals surface area contributed by atoms with Crippen LogP contribution in [-0.4, -0.2) is 16.9 Å². The second kappa shape index (κ2) is 11.9. The van der Waals surface area contributed by atoms with Crippen molar-refractivity contribution in [1.82, 2.24) is 4.98 Å². The summed E-state index contributed by atoms with van der Waals surface area (Å²) in [6, 6.07) is 30.6. The molecule has 1 heterocycles. The van der Waals surface area contributed by atoms with E-state index in [1.165, 1.54) is 25.0 Å². The molecule has 2 atom stereocenters. The van der Waals surface area contributed by atoms with Crippen molar-refractivity contribution in [2.45, 2.75) is 78.4 Å². The van der Waals surface area contributed by atoms with Crippen molar-refractivity contribution >= 4 is 33.7 Å². The van der Waals surface area contributed by atoms with E-state index in [-0.39, 0.29) is 22.8 Å². The molecule has 0 spiro atoms. The lowest BCUT2D eigenvalue weighted by Crippen LogP contribution is -2.13. The Kier molecular flexibility index (Phi) is 8.35. The lowest BCUT2D eigenvalue weighted by atomic mass is 9.86. The molecule has 2 unspecified atom stereocenters. The van der Waals surface area contributed by atoms with Gasteiger partial charge in [0, 0.05) is 24.6 Å². The minimum Gasteiger partial charge on any atom is -0.453 e. The van der Waals surface area contributed by atoms with Crippen molar-refractivity contribution in [2.24, 2.45) is 0 Å². The summed E-state index contributed by atoms with van der Waals surface area (Å²) >= 11 is 0. The Bertz CT molecular complexity index is 1690. The zero-order valence-corrected chi connectivity index (χ0v) is 26.9. The van der Waals surface area contributed by atoms with E-state index in [1.54, 1.807) is 0 Å². The highest BCUT2D eigenvalue weighted by Crippen LogP contribution is 2.34. The molecule has 0 N–H and O–H groups in total. The molecule has 1 aromatic heterocycles. The highest BCUT2D eigenvalue weighted by atomic mass is 16.5. The first-order valence-corrected chi connectivity index (χ1v) is 15.1. The molecular formula is C39H41NO4. The summed E-state index contributed by atoms with van der Waals surface area (Å²) in [5, 5.41) is 1.85. The molecule has 0 amide bonds. The quantitative estimate of drug-likeness (QED) is 0.146. The maximum absolute atomic E-state index is 12.2. The van der Waals surface area contributed by atoms with E-state index in [2.05, 4.69) is 71.9 Å². The lowest BCUT2D eigenvalue weighted by molar-refractivity contribution is -0.145. The molecule has 0 saturated heterocycles. The second-order valence-electron chi connectivity index (χ2n) is 13.6. The van der Waals surface area contributed by atoms with Crippen molar-refractivity contribution in [2.75, 3.05) is 0 Å². The molecule has 0 aliphatic carbocycles. The normalized spacial score (nSPS) is 13.5. The van der Waals surface area contributed by atoms with Crippen LogP contribution in [0.15, 0.2) is 91.0 Å². The maximum Gasteiger partial charge on any atom is 0.303 e. The summed E-state index contributed by atoms with van der Waals surface area (Å²) in [5.74, 6) is -0.688. The molecule has 0 aliphatic rings. The van der Waals surface area contributed by atoms with Crippen molar-refractivity contribution < 1.29 is 19.1 Å². The average molecular weight is 588 g/mol. The van der Waals surface area contributed by atoms with Crippen molar-refractivity contribution in [3.8, 4) is 0 Å². The number of fused-ring (bicyclic) bond motifs is 2. The van der Waals surface area contributed by atoms with Gasteiger partial charge in [0.1, 0.15) is 0 Å². The van der Waals surface area contributed by atoms with E-state index >= 15 is 0 Å². The molecule has 226 valence electrons. The molecule has 5 nitrogen and oxygen atoms in total.